The van der Waals surface area contributed by atoms with E-state index in [1.807, 2.05) is 0 Å². The Morgan fingerprint density at radius 3 is 2.80 bits per heavy atom. The molecule has 0 aliphatic carbocycles. The molecule has 1 aromatic carbocycles. The predicted octanol–water partition coefficient (Wildman–Crippen LogP) is 0.0286. The molecule has 0 unspecified atom stereocenters. The summed E-state index contributed by atoms with van der Waals surface area (Å²) in [6, 6.07) is 3.93. The van der Waals surface area contributed by atoms with Crippen molar-refractivity contribution in [2.45, 2.75) is 0 Å². The van der Waals surface area contributed by atoms with E-state index in [0.29, 0.717) is 5.56 Å². The summed E-state index contributed by atoms with van der Waals surface area (Å²) >= 11 is 0. The van der Waals surface area contributed by atoms with Crippen molar-refractivity contribution in [2.24, 2.45) is 5.73 Å². The van der Waals surface area contributed by atoms with E-state index in [1.54, 1.807) is 0 Å². The second-order valence-corrected chi connectivity index (χ2v) is 5.19. The molecule has 0 saturated carbocycles. The van der Waals surface area contributed by atoms with Crippen LogP contribution >= 0.6 is 0 Å². The molecule has 0 bridgehead atoms. The van der Waals surface area contributed by atoms with Crippen LogP contribution in [0.2, 0.25) is 0 Å². The second-order valence-electron chi connectivity index (χ2n) is 3.69. The topological polar surface area (TPSA) is 93.4 Å². The van der Waals surface area contributed by atoms with Gasteiger partial charge in [-0.15, -0.1) is 0 Å². The first-order valence-corrected chi connectivity index (χ1v) is 7.21. The van der Waals surface area contributed by atoms with E-state index in [2.05, 4.69) is 21.3 Å². The van der Waals surface area contributed by atoms with Crippen molar-refractivity contribution in [1.29, 1.82) is 0 Å². The van der Waals surface area contributed by atoms with Gasteiger partial charge in [-0.1, -0.05) is 11.8 Å². The largest absolute Gasteiger partial charge is 0.383 e. The van der Waals surface area contributed by atoms with Crippen LogP contribution in [-0.4, -0.2) is 35.2 Å². The van der Waals surface area contributed by atoms with Gasteiger partial charge in [0, 0.05) is 19.2 Å². The third-order valence-electron chi connectivity index (χ3n) is 2.15. The molecule has 0 saturated heterocycles. The zero-order chi connectivity index (χ0) is 15.0. The Balaban J connectivity index is 2.78. The number of methoxy groups -OCH3 is 1. The highest BCUT2D eigenvalue weighted by Gasteiger charge is 2.12. The number of benzene rings is 1. The average molecular weight is 301 g/mol. The van der Waals surface area contributed by atoms with Crippen molar-refractivity contribution < 1.29 is 17.5 Å². The Morgan fingerprint density at radius 1 is 1.45 bits per heavy atom. The van der Waals surface area contributed by atoms with Crippen LogP contribution in [0.5, 0.6) is 0 Å². The Morgan fingerprint density at radius 2 is 2.20 bits per heavy atom. The first-order chi connectivity index (χ1) is 9.48. The van der Waals surface area contributed by atoms with Gasteiger partial charge in [0.25, 0.3) is 10.2 Å². The van der Waals surface area contributed by atoms with Crippen LogP contribution in [0.4, 0.5) is 10.1 Å². The minimum atomic E-state index is -3.84. The lowest BCUT2D eigenvalue weighted by Crippen LogP contribution is -2.32. The monoisotopic (exact) mass is 301 g/mol. The number of hydrogen-bond acceptors (Lipinski definition) is 4. The van der Waals surface area contributed by atoms with Gasteiger partial charge < -0.3 is 10.5 Å². The fourth-order valence-corrected chi connectivity index (χ4v) is 2.17. The van der Waals surface area contributed by atoms with Crippen LogP contribution < -0.4 is 15.2 Å². The number of nitrogens with one attached hydrogen (secondary N) is 2. The van der Waals surface area contributed by atoms with Gasteiger partial charge in [0.05, 0.1) is 18.8 Å². The maximum atomic E-state index is 13.7. The van der Waals surface area contributed by atoms with Crippen molar-refractivity contribution >= 4 is 15.9 Å². The number of nitrogens with two attached hydrogens (primary N) is 1. The molecule has 0 amide bonds. The Kier molecular flexibility index (Phi) is 6.41. The van der Waals surface area contributed by atoms with Gasteiger partial charge in [0.2, 0.25) is 0 Å². The molecular formula is C12H16FN3O3S. The Bertz CT molecular complexity index is 608. The second kappa shape index (κ2) is 7.81. The summed E-state index contributed by atoms with van der Waals surface area (Å²) in [4.78, 5) is 0. The number of rotatable bonds is 6. The van der Waals surface area contributed by atoms with Crippen molar-refractivity contribution in [3.8, 4) is 11.8 Å². The highest BCUT2D eigenvalue weighted by atomic mass is 32.2. The van der Waals surface area contributed by atoms with Gasteiger partial charge in [0.1, 0.15) is 5.82 Å². The summed E-state index contributed by atoms with van der Waals surface area (Å²) in [5, 5.41) is 0. The SMILES string of the molecule is COCCNS(=O)(=O)Nc1ccc(C#CCN)cc1F. The molecule has 110 valence electrons. The number of anilines is 1. The lowest BCUT2D eigenvalue weighted by atomic mass is 10.2. The summed E-state index contributed by atoms with van der Waals surface area (Å²) in [5.74, 6) is 4.52. The van der Waals surface area contributed by atoms with Crippen LogP contribution in [0.25, 0.3) is 0 Å². The first kappa shape index (κ1) is 16.4. The highest BCUT2D eigenvalue weighted by molar-refractivity contribution is 7.90. The van der Waals surface area contributed by atoms with E-state index in [9.17, 15) is 12.8 Å². The lowest BCUT2D eigenvalue weighted by molar-refractivity contribution is 0.204. The Labute approximate surface area is 117 Å². The lowest BCUT2D eigenvalue weighted by Gasteiger charge is -2.09. The van der Waals surface area contributed by atoms with E-state index in [4.69, 9.17) is 10.5 Å². The number of hydrogen-bond donors (Lipinski definition) is 3. The van der Waals surface area contributed by atoms with Gasteiger partial charge >= 0.3 is 0 Å². The van der Waals surface area contributed by atoms with E-state index < -0.39 is 16.0 Å². The molecule has 1 aromatic rings. The molecule has 6 nitrogen and oxygen atoms in total. The zero-order valence-electron chi connectivity index (χ0n) is 10.9. The minimum Gasteiger partial charge on any atom is -0.383 e. The highest BCUT2D eigenvalue weighted by Crippen LogP contribution is 2.16. The molecule has 0 radical (unpaired) electrons. The molecule has 0 aliphatic heterocycles. The van der Waals surface area contributed by atoms with Crippen LogP contribution in [-0.2, 0) is 14.9 Å². The average Bonchev–Trinajstić information content (AvgIpc) is 2.39. The summed E-state index contributed by atoms with van der Waals surface area (Å²) in [6.07, 6.45) is 0. The zero-order valence-corrected chi connectivity index (χ0v) is 11.8. The maximum Gasteiger partial charge on any atom is 0.299 e. The third-order valence-corrected chi connectivity index (χ3v) is 3.22. The van der Waals surface area contributed by atoms with E-state index in [-0.39, 0.29) is 25.4 Å². The standard InChI is InChI=1S/C12H16FN3O3S/c1-19-8-7-15-20(17,18)16-12-5-4-10(3-2-6-14)9-11(12)13/h4-5,9,15-16H,6-8,14H2,1H3. The van der Waals surface area contributed by atoms with Gasteiger partial charge in [-0.3, -0.25) is 4.72 Å². The Hall–Kier alpha value is -1.66. The molecule has 0 heterocycles. The number of halogens is 1. The molecule has 8 heteroatoms. The van der Waals surface area contributed by atoms with Crippen molar-refractivity contribution in [1.82, 2.24) is 4.72 Å². The van der Waals surface area contributed by atoms with E-state index in [1.165, 1.54) is 19.2 Å². The van der Waals surface area contributed by atoms with Crippen LogP contribution in [0.15, 0.2) is 18.2 Å². The molecule has 0 atom stereocenters. The molecule has 20 heavy (non-hydrogen) atoms. The first-order valence-electron chi connectivity index (χ1n) is 5.73. The van der Waals surface area contributed by atoms with Gasteiger partial charge in [-0.05, 0) is 18.2 Å². The quantitative estimate of drug-likeness (QED) is 0.510. The molecule has 0 aromatic heterocycles. The molecule has 0 fully saturated rings. The summed E-state index contributed by atoms with van der Waals surface area (Å²) in [5.41, 5.74) is 5.47. The fourth-order valence-electron chi connectivity index (χ4n) is 1.29. The van der Waals surface area contributed by atoms with E-state index >= 15 is 0 Å². The molecule has 1 rings (SSSR count). The van der Waals surface area contributed by atoms with Crippen molar-refractivity contribution in [3.63, 3.8) is 0 Å². The fraction of sp³-hybridized carbons (Fsp3) is 0.333. The van der Waals surface area contributed by atoms with Gasteiger partial charge in [-0.2, -0.15) is 13.1 Å². The maximum absolute atomic E-state index is 13.7. The predicted molar refractivity (Wildman–Crippen MR) is 74.8 cm³/mol. The summed E-state index contributed by atoms with van der Waals surface area (Å²) < 4.78 is 45.9. The third kappa shape index (κ3) is 5.54. The summed E-state index contributed by atoms with van der Waals surface area (Å²) in [6.45, 7) is 0.476. The van der Waals surface area contributed by atoms with Crippen LogP contribution in [0.1, 0.15) is 5.56 Å². The minimum absolute atomic E-state index is 0.0908. The van der Waals surface area contributed by atoms with Crippen molar-refractivity contribution in [3.05, 3.63) is 29.6 Å². The summed E-state index contributed by atoms with van der Waals surface area (Å²) in [7, 11) is -2.39. The molecule has 4 N–H and O–H groups in total. The van der Waals surface area contributed by atoms with Crippen molar-refractivity contribution in [2.75, 3.05) is 31.5 Å². The smallest absolute Gasteiger partial charge is 0.299 e. The molecular weight excluding hydrogens is 285 g/mol. The van der Waals surface area contributed by atoms with E-state index in [0.717, 1.165) is 6.07 Å². The molecule has 0 aliphatic rings. The van der Waals surface area contributed by atoms with Crippen LogP contribution in [0, 0.1) is 17.7 Å². The number of ether oxygens (including phenoxy) is 1. The van der Waals surface area contributed by atoms with Gasteiger partial charge in [0.15, 0.2) is 0 Å². The van der Waals surface area contributed by atoms with Crippen LogP contribution in [0.3, 0.4) is 0 Å². The normalized spacial score (nSPS) is 10.8. The van der Waals surface area contributed by atoms with Gasteiger partial charge in [-0.25, -0.2) is 4.39 Å². The molecule has 0 spiro atoms.